The molecule has 0 bridgehead atoms. The molecule has 26 heavy (non-hydrogen) atoms. The maximum Gasteiger partial charge on any atom is 0.0589 e. The topological polar surface area (TPSA) is 0 Å². The second-order valence-corrected chi connectivity index (χ2v) is 15.3. The van der Waals surface area contributed by atoms with E-state index in [1.165, 1.54) is 96.3 Å². The standard InChI is InChI=1S/C25H54Si/c1-8-11-14-17-20-23(4)26(7,24(5)21-18-15-12-9-2)25(6)22-19-16-13-10-3/h23-25H,8-22H2,1-7H3. The summed E-state index contributed by atoms with van der Waals surface area (Å²) in [6.45, 7) is 17.7. The average Bonchev–Trinajstić information content (AvgIpc) is 2.64. The quantitative estimate of drug-likeness (QED) is 0.163. The molecule has 0 aliphatic heterocycles. The summed E-state index contributed by atoms with van der Waals surface area (Å²) < 4.78 is 0. The molecule has 3 unspecified atom stereocenters. The van der Waals surface area contributed by atoms with Gasteiger partial charge in [0.25, 0.3) is 0 Å². The molecule has 158 valence electrons. The third-order valence-corrected chi connectivity index (χ3v) is 14.9. The van der Waals surface area contributed by atoms with Crippen LogP contribution in [0.3, 0.4) is 0 Å². The van der Waals surface area contributed by atoms with Crippen molar-refractivity contribution in [2.45, 2.75) is 161 Å². The Hall–Kier alpha value is 0.217. The Kier molecular flexibility index (Phi) is 16.3. The van der Waals surface area contributed by atoms with Gasteiger partial charge in [0.2, 0.25) is 0 Å². The van der Waals surface area contributed by atoms with Crippen LogP contribution >= 0.6 is 0 Å². The fourth-order valence-electron chi connectivity index (χ4n) is 5.02. The first-order valence-corrected chi connectivity index (χ1v) is 15.2. The van der Waals surface area contributed by atoms with E-state index in [-0.39, 0.29) is 0 Å². The van der Waals surface area contributed by atoms with Gasteiger partial charge in [-0.2, -0.15) is 0 Å². The minimum atomic E-state index is -1.24. The molecular weight excluding hydrogens is 328 g/mol. The van der Waals surface area contributed by atoms with Gasteiger partial charge in [0, 0.05) is 0 Å². The van der Waals surface area contributed by atoms with Crippen LogP contribution in [0.1, 0.15) is 138 Å². The van der Waals surface area contributed by atoms with Crippen molar-refractivity contribution in [3.8, 4) is 0 Å². The lowest BCUT2D eigenvalue weighted by Gasteiger charge is -2.44. The molecule has 0 aromatic rings. The van der Waals surface area contributed by atoms with Crippen molar-refractivity contribution in [1.29, 1.82) is 0 Å². The summed E-state index contributed by atoms with van der Waals surface area (Å²) >= 11 is 0. The monoisotopic (exact) mass is 382 g/mol. The van der Waals surface area contributed by atoms with Gasteiger partial charge in [-0.1, -0.05) is 144 Å². The predicted octanol–water partition coefficient (Wildman–Crippen LogP) is 10.1. The zero-order valence-electron chi connectivity index (χ0n) is 19.8. The fourth-order valence-corrected chi connectivity index (χ4v) is 10.4. The van der Waals surface area contributed by atoms with Gasteiger partial charge in [-0.15, -0.1) is 0 Å². The second kappa shape index (κ2) is 16.2. The van der Waals surface area contributed by atoms with E-state index in [2.05, 4.69) is 48.1 Å². The molecule has 0 fully saturated rings. The smallest absolute Gasteiger partial charge is 0.0589 e. The van der Waals surface area contributed by atoms with Crippen molar-refractivity contribution in [2.24, 2.45) is 0 Å². The molecule has 0 saturated heterocycles. The second-order valence-electron chi connectivity index (χ2n) is 9.62. The lowest BCUT2D eigenvalue weighted by Crippen LogP contribution is -2.43. The van der Waals surface area contributed by atoms with Crippen molar-refractivity contribution in [1.82, 2.24) is 0 Å². The van der Waals surface area contributed by atoms with Crippen LogP contribution in [-0.4, -0.2) is 8.07 Å². The molecule has 0 saturated carbocycles. The molecule has 0 nitrogen and oxygen atoms in total. The SMILES string of the molecule is CCCCCCC(C)[Si](C)(C(C)CCCCCC)C(C)CCCCCC. The number of hydrogen-bond acceptors (Lipinski definition) is 0. The summed E-state index contributed by atoms with van der Waals surface area (Å²) in [5.74, 6) is 0. The molecule has 1 heteroatoms. The van der Waals surface area contributed by atoms with Crippen LogP contribution in [0.25, 0.3) is 0 Å². The maximum absolute atomic E-state index is 2.80. The number of unbranched alkanes of at least 4 members (excludes halogenated alkanes) is 9. The van der Waals surface area contributed by atoms with Gasteiger partial charge in [0.15, 0.2) is 0 Å². The Bertz CT molecular complexity index is 253. The number of rotatable bonds is 18. The summed E-state index contributed by atoms with van der Waals surface area (Å²) in [5, 5.41) is 0. The highest BCUT2D eigenvalue weighted by molar-refractivity contribution is 6.82. The maximum atomic E-state index is 2.80. The Morgan fingerprint density at radius 3 is 0.962 bits per heavy atom. The first-order chi connectivity index (χ1) is 12.4. The van der Waals surface area contributed by atoms with Crippen molar-refractivity contribution >= 4 is 8.07 Å². The molecule has 0 aliphatic carbocycles. The van der Waals surface area contributed by atoms with E-state index < -0.39 is 8.07 Å². The van der Waals surface area contributed by atoms with Crippen LogP contribution in [0.4, 0.5) is 0 Å². The first kappa shape index (κ1) is 26.2. The zero-order valence-corrected chi connectivity index (χ0v) is 20.8. The van der Waals surface area contributed by atoms with E-state index in [0.717, 1.165) is 16.6 Å². The molecular formula is C25H54Si. The molecule has 0 heterocycles. The Morgan fingerprint density at radius 2 is 0.731 bits per heavy atom. The minimum absolute atomic E-state index is 1.00. The Balaban J connectivity index is 4.80. The molecule has 0 aliphatic rings. The Morgan fingerprint density at radius 1 is 0.462 bits per heavy atom. The van der Waals surface area contributed by atoms with Crippen molar-refractivity contribution in [2.75, 3.05) is 0 Å². The molecule has 0 aromatic heterocycles. The van der Waals surface area contributed by atoms with Crippen LogP contribution in [0.5, 0.6) is 0 Å². The van der Waals surface area contributed by atoms with E-state index in [4.69, 9.17) is 0 Å². The van der Waals surface area contributed by atoms with Crippen LogP contribution in [-0.2, 0) is 0 Å². The van der Waals surface area contributed by atoms with Crippen LogP contribution in [0.2, 0.25) is 23.2 Å². The van der Waals surface area contributed by atoms with Gasteiger partial charge < -0.3 is 0 Å². The zero-order chi connectivity index (χ0) is 19.8. The highest BCUT2D eigenvalue weighted by Gasteiger charge is 2.42. The lowest BCUT2D eigenvalue weighted by atomic mass is 10.1. The molecule has 3 atom stereocenters. The van der Waals surface area contributed by atoms with Crippen LogP contribution < -0.4 is 0 Å². The minimum Gasteiger partial charge on any atom is -0.0686 e. The van der Waals surface area contributed by atoms with E-state index in [1.54, 1.807) is 0 Å². The first-order valence-electron chi connectivity index (χ1n) is 12.4. The van der Waals surface area contributed by atoms with E-state index in [0.29, 0.717) is 0 Å². The molecule has 0 radical (unpaired) electrons. The van der Waals surface area contributed by atoms with Gasteiger partial charge in [-0.25, -0.2) is 0 Å². The molecule has 0 rings (SSSR count). The highest BCUT2D eigenvalue weighted by Crippen LogP contribution is 2.48. The predicted molar refractivity (Wildman–Crippen MR) is 126 cm³/mol. The van der Waals surface area contributed by atoms with Crippen molar-refractivity contribution in [3.63, 3.8) is 0 Å². The third kappa shape index (κ3) is 9.95. The van der Waals surface area contributed by atoms with Gasteiger partial charge in [-0.3, -0.25) is 0 Å². The Labute approximate surface area is 169 Å². The van der Waals surface area contributed by atoms with E-state index >= 15 is 0 Å². The summed E-state index contributed by atoms with van der Waals surface area (Å²) in [7, 11) is -1.24. The fraction of sp³-hybridized carbons (Fsp3) is 1.00. The molecule has 0 spiro atoms. The molecule has 0 N–H and O–H groups in total. The summed E-state index contributed by atoms with van der Waals surface area (Å²) in [6, 6.07) is 0. The summed E-state index contributed by atoms with van der Waals surface area (Å²) in [5.41, 5.74) is 3.00. The van der Waals surface area contributed by atoms with E-state index in [1.807, 2.05) is 0 Å². The van der Waals surface area contributed by atoms with Crippen molar-refractivity contribution < 1.29 is 0 Å². The van der Waals surface area contributed by atoms with Crippen LogP contribution in [0.15, 0.2) is 0 Å². The largest absolute Gasteiger partial charge is 0.0686 e. The van der Waals surface area contributed by atoms with Gasteiger partial charge in [0.1, 0.15) is 0 Å². The normalized spacial score (nSPS) is 17.7. The lowest BCUT2D eigenvalue weighted by molar-refractivity contribution is 0.558. The van der Waals surface area contributed by atoms with Gasteiger partial charge in [0.05, 0.1) is 8.07 Å². The summed E-state index contributed by atoms with van der Waals surface area (Å²) in [4.78, 5) is 0. The summed E-state index contributed by atoms with van der Waals surface area (Å²) in [6.07, 6.45) is 21.7. The average molecular weight is 383 g/mol. The molecule has 0 aromatic carbocycles. The van der Waals surface area contributed by atoms with E-state index in [9.17, 15) is 0 Å². The van der Waals surface area contributed by atoms with Gasteiger partial charge in [-0.05, 0) is 16.6 Å². The van der Waals surface area contributed by atoms with Crippen LogP contribution in [0, 0.1) is 0 Å². The van der Waals surface area contributed by atoms with Gasteiger partial charge >= 0.3 is 0 Å². The third-order valence-electron chi connectivity index (χ3n) is 7.66. The number of hydrogen-bond donors (Lipinski definition) is 0. The van der Waals surface area contributed by atoms with Crippen molar-refractivity contribution in [3.05, 3.63) is 0 Å². The highest BCUT2D eigenvalue weighted by atomic mass is 28.3. The molecule has 0 amide bonds.